The quantitative estimate of drug-likeness (QED) is 0.517. The van der Waals surface area contributed by atoms with E-state index in [1.165, 1.54) is 12.1 Å². The van der Waals surface area contributed by atoms with E-state index >= 15 is 0 Å². The predicted molar refractivity (Wildman–Crippen MR) is 82.3 cm³/mol. The van der Waals surface area contributed by atoms with Gasteiger partial charge in [-0.3, -0.25) is 9.35 Å². The largest absolute Gasteiger partial charge is 0.506 e. The second kappa shape index (κ2) is 7.03. The highest BCUT2D eigenvalue weighted by atomic mass is 32.3. The maximum absolute atomic E-state index is 12.4. The summed E-state index contributed by atoms with van der Waals surface area (Å²) in [6.45, 7) is 1.52. The second-order valence-corrected chi connectivity index (χ2v) is 5.99. The molecule has 1 atom stereocenters. The van der Waals surface area contributed by atoms with Gasteiger partial charge in [0.1, 0.15) is 11.8 Å². The van der Waals surface area contributed by atoms with Crippen molar-refractivity contribution in [1.82, 2.24) is 9.96 Å². The third-order valence-corrected chi connectivity index (χ3v) is 3.80. The van der Waals surface area contributed by atoms with E-state index in [0.29, 0.717) is 5.06 Å². The molecule has 132 valence electrons. The minimum atomic E-state index is -4.84. The maximum atomic E-state index is 12.4. The Labute approximate surface area is 138 Å². The Kier molecular flexibility index (Phi) is 5.26. The van der Waals surface area contributed by atoms with Gasteiger partial charge in [-0.15, -0.1) is 4.28 Å². The number of urea groups is 1. The smallest absolute Gasteiger partial charge is 0.418 e. The number of para-hydroxylation sites is 2. The van der Waals surface area contributed by atoms with Gasteiger partial charge in [0.2, 0.25) is 5.91 Å². The Morgan fingerprint density at radius 2 is 2.08 bits per heavy atom. The number of anilines is 1. The van der Waals surface area contributed by atoms with Crippen molar-refractivity contribution in [1.29, 1.82) is 0 Å². The van der Waals surface area contributed by atoms with Gasteiger partial charge in [-0.2, -0.15) is 13.5 Å². The highest BCUT2D eigenvalue weighted by molar-refractivity contribution is 7.80. The number of hydrogen-bond acceptors (Lipinski definition) is 6. The summed E-state index contributed by atoms with van der Waals surface area (Å²) in [5, 5.41) is 12.7. The number of hydrogen-bond donors (Lipinski definition) is 3. The molecule has 3 amide bonds. The van der Waals surface area contributed by atoms with Crippen LogP contribution in [0, 0.1) is 0 Å². The number of phenols is 1. The van der Waals surface area contributed by atoms with E-state index in [1.807, 2.05) is 0 Å². The molecule has 1 heterocycles. The monoisotopic (exact) mass is 359 g/mol. The number of likely N-dealkylation sites (N-methyl/N-ethyl adjacent to an activating group) is 1. The van der Waals surface area contributed by atoms with Crippen LogP contribution in [0.25, 0.3) is 0 Å². The summed E-state index contributed by atoms with van der Waals surface area (Å²) >= 11 is 0. The average Bonchev–Trinajstić information content (AvgIpc) is 2.50. The molecule has 10 nitrogen and oxygen atoms in total. The van der Waals surface area contributed by atoms with E-state index < -0.39 is 28.4 Å². The Balaban J connectivity index is 2.12. The van der Waals surface area contributed by atoms with Crippen molar-refractivity contribution in [2.75, 3.05) is 18.4 Å². The number of phenolic OH excluding ortho intramolecular Hbond substituents is 1. The Bertz CT molecular complexity index is 737. The molecule has 1 aromatic carbocycles. The summed E-state index contributed by atoms with van der Waals surface area (Å²) in [6.07, 6.45) is 0.0779. The van der Waals surface area contributed by atoms with Crippen LogP contribution in [-0.4, -0.2) is 59.1 Å². The standard InChI is InChI=1S/C13H17N3O7S/c1-2-15-10(7-8-16(13(15)19)23-24(20,21)22)12(18)14-9-5-3-4-6-11(9)17/h3-6,10,17H,2,7-8H2,1H3,(H,14,18)(H,20,21,22)/t10-/m0/s1. The molecule has 1 aliphatic rings. The first kappa shape index (κ1) is 18.0. The Morgan fingerprint density at radius 3 is 2.67 bits per heavy atom. The van der Waals surface area contributed by atoms with Crippen LogP contribution in [-0.2, 0) is 19.5 Å². The molecule has 1 saturated heterocycles. The topological polar surface area (TPSA) is 136 Å². The fourth-order valence-electron chi connectivity index (χ4n) is 2.37. The third-order valence-electron chi connectivity index (χ3n) is 3.43. The van der Waals surface area contributed by atoms with Crippen LogP contribution in [0.4, 0.5) is 10.5 Å². The van der Waals surface area contributed by atoms with Crippen molar-refractivity contribution in [2.24, 2.45) is 0 Å². The number of benzene rings is 1. The van der Waals surface area contributed by atoms with Gasteiger partial charge < -0.3 is 15.3 Å². The fourth-order valence-corrected chi connectivity index (χ4v) is 2.74. The number of nitrogens with zero attached hydrogens (tertiary/aromatic N) is 2. The Hall–Kier alpha value is -2.37. The first-order chi connectivity index (χ1) is 11.2. The zero-order valence-electron chi connectivity index (χ0n) is 12.7. The lowest BCUT2D eigenvalue weighted by Crippen LogP contribution is -2.58. The summed E-state index contributed by atoms with van der Waals surface area (Å²) in [4.78, 5) is 25.7. The zero-order valence-corrected chi connectivity index (χ0v) is 13.6. The van der Waals surface area contributed by atoms with Crippen molar-refractivity contribution in [2.45, 2.75) is 19.4 Å². The van der Waals surface area contributed by atoms with E-state index in [1.54, 1.807) is 19.1 Å². The average molecular weight is 359 g/mol. The SMILES string of the molecule is CCN1C(=O)N(OS(=O)(=O)O)CC[C@H]1C(=O)Nc1ccccc1O. The molecule has 0 radical (unpaired) electrons. The molecular formula is C13H17N3O7S. The van der Waals surface area contributed by atoms with Crippen LogP contribution in [0.2, 0.25) is 0 Å². The Morgan fingerprint density at radius 1 is 1.42 bits per heavy atom. The number of carbonyl (C=O) groups is 2. The summed E-state index contributed by atoms with van der Waals surface area (Å²) in [5.74, 6) is -0.648. The molecule has 0 saturated carbocycles. The van der Waals surface area contributed by atoms with Gasteiger partial charge in [-0.05, 0) is 25.5 Å². The minimum Gasteiger partial charge on any atom is -0.506 e. The molecule has 0 spiro atoms. The van der Waals surface area contributed by atoms with Crippen molar-refractivity contribution in [3.63, 3.8) is 0 Å². The molecule has 1 aliphatic heterocycles. The summed E-state index contributed by atoms with van der Waals surface area (Å²) in [6, 6.07) is 4.39. The minimum absolute atomic E-state index is 0.0779. The van der Waals surface area contributed by atoms with Crippen LogP contribution >= 0.6 is 0 Å². The first-order valence-electron chi connectivity index (χ1n) is 7.07. The van der Waals surface area contributed by atoms with Gasteiger partial charge >= 0.3 is 16.4 Å². The number of aromatic hydroxyl groups is 1. The van der Waals surface area contributed by atoms with Gasteiger partial charge in [0.25, 0.3) is 0 Å². The normalized spacial score (nSPS) is 18.6. The second-order valence-electron chi connectivity index (χ2n) is 4.98. The number of rotatable bonds is 5. The lowest BCUT2D eigenvalue weighted by Gasteiger charge is -2.38. The molecule has 1 fully saturated rings. The molecule has 0 unspecified atom stereocenters. The van der Waals surface area contributed by atoms with Gasteiger partial charge in [0.15, 0.2) is 0 Å². The van der Waals surface area contributed by atoms with Gasteiger partial charge in [-0.1, -0.05) is 12.1 Å². The molecule has 0 aliphatic carbocycles. The van der Waals surface area contributed by atoms with E-state index in [4.69, 9.17) is 4.55 Å². The number of hydroxylamine groups is 2. The highest BCUT2D eigenvalue weighted by Crippen LogP contribution is 2.24. The highest BCUT2D eigenvalue weighted by Gasteiger charge is 2.39. The maximum Gasteiger partial charge on any atom is 0.418 e. The molecule has 2 rings (SSSR count). The number of carbonyl (C=O) groups excluding carboxylic acids is 2. The van der Waals surface area contributed by atoms with Gasteiger partial charge in [0.05, 0.1) is 12.2 Å². The van der Waals surface area contributed by atoms with Crippen molar-refractivity contribution in [3.8, 4) is 5.75 Å². The van der Waals surface area contributed by atoms with Crippen molar-refractivity contribution < 1.29 is 31.9 Å². The zero-order chi connectivity index (χ0) is 17.9. The summed E-state index contributed by atoms with van der Waals surface area (Å²) < 4.78 is 34.4. The van der Waals surface area contributed by atoms with Crippen LogP contribution < -0.4 is 5.32 Å². The van der Waals surface area contributed by atoms with E-state index in [0.717, 1.165) is 4.90 Å². The summed E-state index contributed by atoms with van der Waals surface area (Å²) in [7, 11) is -4.84. The van der Waals surface area contributed by atoms with E-state index in [9.17, 15) is 23.1 Å². The van der Waals surface area contributed by atoms with Gasteiger partial charge in [0, 0.05) is 6.54 Å². The molecule has 24 heavy (non-hydrogen) atoms. The van der Waals surface area contributed by atoms with Crippen LogP contribution in [0.5, 0.6) is 5.75 Å². The molecule has 1 aromatic rings. The van der Waals surface area contributed by atoms with Crippen molar-refractivity contribution in [3.05, 3.63) is 24.3 Å². The lowest BCUT2D eigenvalue weighted by molar-refractivity contribution is -0.124. The van der Waals surface area contributed by atoms with Gasteiger partial charge in [-0.25, -0.2) is 4.79 Å². The first-order valence-corrected chi connectivity index (χ1v) is 8.43. The lowest BCUT2D eigenvalue weighted by atomic mass is 10.1. The number of amides is 3. The third kappa shape index (κ3) is 4.13. The number of nitrogens with one attached hydrogen (secondary N) is 1. The summed E-state index contributed by atoms with van der Waals surface area (Å²) in [5.41, 5.74) is 0.197. The molecule has 0 aromatic heterocycles. The van der Waals surface area contributed by atoms with Crippen LogP contribution in [0.1, 0.15) is 13.3 Å². The molecule has 11 heteroatoms. The van der Waals surface area contributed by atoms with E-state index in [2.05, 4.69) is 9.60 Å². The van der Waals surface area contributed by atoms with E-state index in [-0.39, 0.29) is 30.9 Å². The van der Waals surface area contributed by atoms with Crippen LogP contribution in [0.3, 0.4) is 0 Å². The fraction of sp³-hybridized carbons (Fsp3) is 0.385. The molecule has 3 N–H and O–H groups in total. The molecular weight excluding hydrogens is 342 g/mol. The van der Waals surface area contributed by atoms with Crippen molar-refractivity contribution >= 4 is 28.0 Å². The predicted octanol–water partition coefficient (Wildman–Crippen LogP) is 0.581. The molecule has 0 bridgehead atoms. The van der Waals surface area contributed by atoms with Crippen LogP contribution in [0.15, 0.2) is 24.3 Å².